The van der Waals surface area contributed by atoms with E-state index in [-0.39, 0.29) is 36.3 Å². The number of pyridine rings is 1. The second-order valence-corrected chi connectivity index (χ2v) is 8.97. The third-order valence-corrected chi connectivity index (χ3v) is 6.55. The van der Waals surface area contributed by atoms with Crippen molar-refractivity contribution in [3.05, 3.63) is 62.5 Å². The van der Waals surface area contributed by atoms with Crippen LogP contribution in [0.5, 0.6) is 0 Å². The monoisotopic (exact) mass is 522 g/mol. The van der Waals surface area contributed by atoms with Gasteiger partial charge in [-0.2, -0.15) is 4.98 Å². The zero-order valence-electron chi connectivity index (χ0n) is 18.1. The van der Waals surface area contributed by atoms with E-state index in [0.29, 0.717) is 21.0 Å². The van der Waals surface area contributed by atoms with Crippen LogP contribution in [0.15, 0.2) is 46.9 Å². The molecular formula is C21H20Cl2N6O4S. The number of fused-ring (bicyclic) bond motifs is 1. The van der Waals surface area contributed by atoms with Gasteiger partial charge < -0.3 is 20.2 Å². The van der Waals surface area contributed by atoms with Crippen LogP contribution in [-0.2, 0) is 0 Å². The number of rotatable bonds is 6. The molecule has 1 aliphatic rings. The number of benzene rings is 1. The number of carbonyl (C=O) groups is 1. The Labute approximate surface area is 208 Å². The van der Waals surface area contributed by atoms with Crippen LogP contribution < -0.4 is 15.7 Å². The lowest BCUT2D eigenvalue weighted by Crippen LogP contribution is -2.44. The first-order valence-electron chi connectivity index (χ1n) is 10.0. The molecule has 0 saturated heterocycles. The minimum atomic E-state index is -0.519. The molecule has 2 N–H and O–H groups in total. The summed E-state index contributed by atoms with van der Waals surface area (Å²) in [6.07, 6.45) is 3.16. The number of halogens is 2. The summed E-state index contributed by atoms with van der Waals surface area (Å²) in [5.74, 6) is 0.185. The molecule has 4 rings (SSSR count). The quantitative estimate of drug-likeness (QED) is 0.507. The average molecular weight is 523 g/mol. The number of nitrogens with zero attached hydrogens (tertiary/aromatic N) is 5. The van der Waals surface area contributed by atoms with E-state index in [4.69, 9.17) is 33.1 Å². The molecule has 0 fully saturated rings. The lowest BCUT2D eigenvalue weighted by Gasteiger charge is -2.28. The van der Waals surface area contributed by atoms with Crippen molar-refractivity contribution in [3.8, 4) is 11.1 Å². The van der Waals surface area contributed by atoms with Crippen molar-refractivity contribution in [2.24, 2.45) is 0 Å². The number of anilines is 1. The fraction of sp³-hybridized carbons (Fsp3) is 0.238. The predicted molar refractivity (Wildman–Crippen MR) is 133 cm³/mol. The van der Waals surface area contributed by atoms with Crippen molar-refractivity contribution in [2.75, 3.05) is 32.6 Å². The zero-order valence-corrected chi connectivity index (χ0v) is 20.4. The van der Waals surface area contributed by atoms with E-state index in [1.54, 1.807) is 42.9 Å². The van der Waals surface area contributed by atoms with Crippen LogP contribution >= 0.6 is 35.0 Å². The molecule has 3 aromatic rings. The van der Waals surface area contributed by atoms with E-state index in [0.717, 1.165) is 4.73 Å². The standard InChI is InChI=1S/C21H20Cl2N6O4S/c1-27(6-8-30)21(32)28-7-9-34-20(28)26-19-24-11-12-10-13(16-14(22)4-3-5-15(16)23)18(31)29(33-2)17(12)25-19/h3-5,7,9-11,20,30H,6,8H2,1-2H3,(H,24,25,26). The Morgan fingerprint density at radius 3 is 2.76 bits per heavy atom. The van der Waals surface area contributed by atoms with Gasteiger partial charge in [0.25, 0.3) is 5.56 Å². The molecule has 0 bridgehead atoms. The van der Waals surface area contributed by atoms with E-state index in [1.165, 1.54) is 34.9 Å². The smallest absolute Gasteiger partial charge is 0.326 e. The van der Waals surface area contributed by atoms with Crippen molar-refractivity contribution in [2.45, 2.75) is 5.50 Å². The summed E-state index contributed by atoms with van der Waals surface area (Å²) in [5.41, 5.74) is -0.152. The zero-order chi connectivity index (χ0) is 24.4. The minimum absolute atomic E-state index is 0.144. The summed E-state index contributed by atoms with van der Waals surface area (Å²) in [6.45, 7) is 0.0552. The first-order valence-corrected chi connectivity index (χ1v) is 11.7. The van der Waals surface area contributed by atoms with Gasteiger partial charge in [-0.3, -0.25) is 9.69 Å². The topological polar surface area (TPSA) is 113 Å². The van der Waals surface area contributed by atoms with E-state index >= 15 is 0 Å². The molecule has 0 aliphatic carbocycles. The van der Waals surface area contributed by atoms with Gasteiger partial charge in [-0.1, -0.05) is 41.0 Å². The van der Waals surface area contributed by atoms with Crippen LogP contribution in [0.3, 0.4) is 0 Å². The number of carbonyl (C=O) groups excluding carboxylic acids is 1. The van der Waals surface area contributed by atoms with Gasteiger partial charge in [0, 0.05) is 36.9 Å². The van der Waals surface area contributed by atoms with Crippen molar-refractivity contribution in [1.82, 2.24) is 24.5 Å². The fourth-order valence-electron chi connectivity index (χ4n) is 3.38. The average Bonchev–Trinajstić information content (AvgIpc) is 3.27. The van der Waals surface area contributed by atoms with Gasteiger partial charge in [0.1, 0.15) is 7.11 Å². The third kappa shape index (κ3) is 4.51. The largest absolute Gasteiger partial charge is 0.412 e. The van der Waals surface area contributed by atoms with Crippen LogP contribution in [0.25, 0.3) is 22.2 Å². The first-order chi connectivity index (χ1) is 16.3. The molecule has 10 nitrogen and oxygen atoms in total. The minimum Gasteiger partial charge on any atom is -0.412 e. The predicted octanol–water partition coefficient (Wildman–Crippen LogP) is 3.08. The first kappa shape index (κ1) is 24.1. The number of hydrogen-bond acceptors (Lipinski definition) is 8. The summed E-state index contributed by atoms with van der Waals surface area (Å²) in [5, 5.41) is 15.1. The molecule has 13 heteroatoms. The molecule has 2 aromatic heterocycles. The molecule has 1 atom stereocenters. The van der Waals surface area contributed by atoms with Crippen molar-refractivity contribution in [1.29, 1.82) is 0 Å². The lowest BCUT2D eigenvalue weighted by molar-refractivity contribution is 0.166. The molecule has 0 saturated carbocycles. The SMILES string of the molecule is COn1c(=O)c(-c2c(Cl)cccc2Cl)cc2cnc(NC3SC=CN3C(=O)N(C)CCO)nc21. The number of aromatic nitrogens is 3. The maximum absolute atomic E-state index is 13.2. The summed E-state index contributed by atoms with van der Waals surface area (Å²) >= 11 is 14.0. The molecule has 1 aliphatic heterocycles. The second kappa shape index (κ2) is 10.1. The van der Waals surface area contributed by atoms with Gasteiger partial charge in [-0.05, 0) is 23.6 Å². The van der Waals surface area contributed by atoms with E-state index in [1.807, 2.05) is 0 Å². The Morgan fingerprint density at radius 1 is 1.35 bits per heavy atom. The molecule has 178 valence electrons. The van der Waals surface area contributed by atoms with Gasteiger partial charge in [0.05, 0.1) is 22.2 Å². The van der Waals surface area contributed by atoms with Crippen LogP contribution in [0.1, 0.15) is 0 Å². The second-order valence-electron chi connectivity index (χ2n) is 7.16. The van der Waals surface area contributed by atoms with Crippen LogP contribution in [0.4, 0.5) is 10.7 Å². The maximum Gasteiger partial charge on any atom is 0.326 e. The van der Waals surface area contributed by atoms with Gasteiger partial charge in [-0.15, -0.1) is 4.73 Å². The molecular weight excluding hydrogens is 503 g/mol. The van der Waals surface area contributed by atoms with Gasteiger partial charge >= 0.3 is 6.03 Å². The van der Waals surface area contributed by atoms with Crippen LogP contribution in [-0.4, -0.2) is 68.4 Å². The molecule has 1 aromatic carbocycles. The van der Waals surface area contributed by atoms with E-state index in [2.05, 4.69) is 15.3 Å². The van der Waals surface area contributed by atoms with Crippen LogP contribution in [0, 0.1) is 0 Å². The number of thioether (sulfide) groups is 1. The summed E-state index contributed by atoms with van der Waals surface area (Å²) in [4.78, 5) is 42.8. The van der Waals surface area contributed by atoms with Gasteiger partial charge in [0.15, 0.2) is 11.1 Å². The number of aliphatic hydroxyl groups is 1. The van der Waals surface area contributed by atoms with Crippen LogP contribution in [0.2, 0.25) is 10.0 Å². The maximum atomic E-state index is 13.2. The van der Waals surface area contributed by atoms with Crippen molar-refractivity contribution >= 4 is 58.0 Å². The Kier molecular flexibility index (Phi) is 7.17. The molecule has 1 unspecified atom stereocenters. The number of likely N-dealkylation sites (N-methyl/N-ethyl adjacent to an activating group) is 1. The Bertz CT molecular complexity index is 1310. The van der Waals surface area contributed by atoms with E-state index < -0.39 is 11.1 Å². The molecule has 2 amide bonds. The molecule has 3 heterocycles. The highest BCUT2D eigenvalue weighted by Gasteiger charge is 2.29. The number of hydrogen-bond donors (Lipinski definition) is 2. The number of urea groups is 1. The normalized spacial score (nSPS) is 15.1. The summed E-state index contributed by atoms with van der Waals surface area (Å²) < 4.78 is 1.04. The Balaban J connectivity index is 1.70. The van der Waals surface area contributed by atoms with Crippen molar-refractivity contribution in [3.63, 3.8) is 0 Å². The third-order valence-electron chi connectivity index (χ3n) is 5.03. The highest BCUT2D eigenvalue weighted by molar-refractivity contribution is 8.03. The Morgan fingerprint density at radius 2 is 2.09 bits per heavy atom. The fourth-order valence-corrected chi connectivity index (χ4v) is 4.80. The lowest BCUT2D eigenvalue weighted by atomic mass is 10.1. The summed E-state index contributed by atoms with van der Waals surface area (Å²) in [7, 11) is 2.95. The highest BCUT2D eigenvalue weighted by atomic mass is 35.5. The van der Waals surface area contributed by atoms with Gasteiger partial charge in [0.2, 0.25) is 5.95 Å². The molecule has 34 heavy (non-hydrogen) atoms. The van der Waals surface area contributed by atoms with E-state index in [9.17, 15) is 9.59 Å². The molecule has 0 radical (unpaired) electrons. The van der Waals surface area contributed by atoms with Gasteiger partial charge in [-0.25, -0.2) is 9.78 Å². The highest BCUT2D eigenvalue weighted by Crippen LogP contribution is 2.34. The summed E-state index contributed by atoms with van der Waals surface area (Å²) in [6, 6.07) is 6.28. The molecule has 0 spiro atoms. The number of amides is 2. The number of nitrogens with one attached hydrogen (secondary N) is 1. The van der Waals surface area contributed by atoms with Crippen molar-refractivity contribution < 1.29 is 14.7 Å². The Hall–Kier alpha value is -2.99. The number of aliphatic hydroxyl groups excluding tert-OH is 1.